The van der Waals surface area contributed by atoms with Crippen LogP contribution >= 0.6 is 15.9 Å². The summed E-state index contributed by atoms with van der Waals surface area (Å²) >= 11 is 3.55. The fraction of sp³-hybridized carbons (Fsp3) is 0.286. The van der Waals surface area contributed by atoms with Crippen LogP contribution in [0.2, 0.25) is 0 Å². The number of para-hydroxylation sites is 1. The molecule has 6 atom stereocenters. The van der Waals surface area contributed by atoms with E-state index in [1.807, 2.05) is 55.4 Å². The number of rotatable bonds is 7. The minimum Gasteiger partial charge on any atom is -0.504 e. The van der Waals surface area contributed by atoms with Gasteiger partial charge in [0.2, 0.25) is 23.6 Å². The Morgan fingerprint density at radius 2 is 1.44 bits per heavy atom. The lowest BCUT2D eigenvalue weighted by molar-refractivity contribution is -0.131. The van der Waals surface area contributed by atoms with Gasteiger partial charge >= 0.3 is 0 Å². The van der Waals surface area contributed by atoms with Gasteiger partial charge in [-0.1, -0.05) is 45.8 Å². The van der Waals surface area contributed by atoms with Gasteiger partial charge in [0.25, 0.3) is 0 Å². The molecule has 4 aromatic rings. The number of hydrogen-bond donors (Lipinski definition) is 1. The van der Waals surface area contributed by atoms with Gasteiger partial charge in [-0.2, -0.15) is 10.2 Å². The highest BCUT2D eigenvalue weighted by Crippen LogP contribution is 2.65. The molecule has 0 radical (unpaired) electrons. The molecule has 54 heavy (non-hydrogen) atoms. The number of ether oxygens (including phenoxy) is 1. The van der Waals surface area contributed by atoms with Gasteiger partial charge < -0.3 is 14.7 Å². The van der Waals surface area contributed by atoms with E-state index < -0.39 is 35.0 Å². The second-order valence-electron chi connectivity index (χ2n) is 14.7. The van der Waals surface area contributed by atoms with E-state index in [1.165, 1.54) is 16.9 Å². The van der Waals surface area contributed by atoms with E-state index in [4.69, 9.17) is 4.74 Å². The van der Waals surface area contributed by atoms with Crippen molar-refractivity contribution in [2.24, 2.45) is 39.3 Å². The summed E-state index contributed by atoms with van der Waals surface area (Å²) in [4.78, 5) is 62.2. The predicted molar refractivity (Wildman–Crippen MR) is 207 cm³/mol. The Hall–Kier alpha value is -5.62. The van der Waals surface area contributed by atoms with Gasteiger partial charge in [0, 0.05) is 35.7 Å². The zero-order valence-electron chi connectivity index (χ0n) is 30.1. The molecule has 2 aliphatic heterocycles. The Bertz CT molecular complexity index is 2260. The van der Waals surface area contributed by atoms with Crippen LogP contribution < -0.4 is 19.4 Å². The summed E-state index contributed by atoms with van der Waals surface area (Å²) in [6, 6.07) is 26.6. The first-order chi connectivity index (χ1) is 25.9. The predicted octanol–water partition coefficient (Wildman–Crippen LogP) is 8.08. The summed E-state index contributed by atoms with van der Waals surface area (Å²) in [5.41, 5.74) is 3.03. The number of imide groups is 2. The highest BCUT2D eigenvalue weighted by atomic mass is 79.9. The second-order valence-corrected chi connectivity index (χ2v) is 15.6. The van der Waals surface area contributed by atoms with Crippen molar-refractivity contribution in [3.05, 3.63) is 113 Å². The Morgan fingerprint density at radius 3 is 2.07 bits per heavy atom. The summed E-state index contributed by atoms with van der Waals surface area (Å²) in [5, 5.41) is 20.3. The van der Waals surface area contributed by atoms with Crippen molar-refractivity contribution in [3.8, 4) is 11.5 Å². The first-order valence-electron chi connectivity index (χ1n) is 17.8. The molecular formula is C42H38BrN5O6. The van der Waals surface area contributed by atoms with Crippen LogP contribution in [-0.4, -0.2) is 49.9 Å². The molecule has 274 valence electrons. The van der Waals surface area contributed by atoms with Crippen LogP contribution in [0.1, 0.15) is 31.2 Å². The van der Waals surface area contributed by atoms with Crippen molar-refractivity contribution >= 4 is 68.0 Å². The zero-order chi connectivity index (χ0) is 38.1. The van der Waals surface area contributed by atoms with Crippen molar-refractivity contribution < 1.29 is 29.0 Å². The number of amides is 4. The molecule has 2 heterocycles. The molecule has 4 aliphatic rings. The number of halogens is 1. The SMILES string of the molecule is COc1cc(Br)cc([C@H]2C3=CC[C@@H]4C(=O)N(c5ccc(N=Nc6ccc(N(C)C)cc6)cc5)C(=O)[C@@H]4[C@@H]3C[C@H]3C(=O)N(c4ccccc4)C(=O)[C@@]23C)c1O. The average Bonchev–Trinajstić information content (AvgIpc) is 3.54. The topological polar surface area (TPSA) is 132 Å². The first kappa shape index (κ1) is 35.4. The van der Waals surface area contributed by atoms with Gasteiger partial charge in [-0.05, 0) is 98.5 Å². The number of aromatic hydroxyl groups is 1. The van der Waals surface area contributed by atoms with Crippen LogP contribution in [0, 0.1) is 29.1 Å². The number of carbonyl (C=O) groups excluding carboxylic acids is 4. The molecule has 4 amide bonds. The van der Waals surface area contributed by atoms with E-state index in [2.05, 4.69) is 26.2 Å². The molecule has 0 aromatic heterocycles. The van der Waals surface area contributed by atoms with E-state index in [-0.39, 0.29) is 48.0 Å². The molecular weight excluding hydrogens is 750 g/mol. The third-order valence-electron chi connectivity index (χ3n) is 11.6. The van der Waals surface area contributed by atoms with Crippen molar-refractivity contribution in [1.29, 1.82) is 0 Å². The van der Waals surface area contributed by atoms with E-state index >= 15 is 0 Å². The number of benzene rings is 4. The molecule has 11 nitrogen and oxygen atoms in total. The van der Waals surface area contributed by atoms with Crippen LogP contribution in [0.3, 0.4) is 0 Å². The molecule has 8 rings (SSSR count). The van der Waals surface area contributed by atoms with Crippen molar-refractivity contribution in [2.45, 2.75) is 25.7 Å². The average molecular weight is 789 g/mol. The molecule has 4 aromatic carbocycles. The van der Waals surface area contributed by atoms with Gasteiger partial charge in [-0.25, -0.2) is 4.90 Å². The molecule has 1 N–H and O–H groups in total. The summed E-state index contributed by atoms with van der Waals surface area (Å²) in [5.74, 6) is -4.94. The number of hydrogen-bond acceptors (Lipinski definition) is 9. The number of azo groups is 1. The normalized spacial score (nSPS) is 26.2. The van der Waals surface area contributed by atoms with Gasteiger partial charge in [-0.15, -0.1) is 0 Å². The molecule has 0 spiro atoms. The fourth-order valence-electron chi connectivity index (χ4n) is 9.01. The largest absolute Gasteiger partial charge is 0.504 e. The molecule has 0 bridgehead atoms. The van der Waals surface area contributed by atoms with Crippen molar-refractivity contribution in [3.63, 3.8) is 0 Å². The third-order valence-corrected chi connectivity index (χ3v) is 12.1. The number of phenolic OH excluding ortho intramolecular Hbond substituents is 1. The number of methoxy groups -OCH3 is 1. The molecule has 0 unspecified atom stereocenters. The Kier molecular flexibility index (Phi) is 8.75. The molecule has 2 aliphatic carbocycles. The number of fused-ring (bicyclic) bond motifs is 4. The lowest BCUT2D eigenvalue weighted by Crippen LogP contribution is -2.49. The fourth-order valence-corrected chi connectivity index (χ4v) is 9.46. The number of nitrogens with zero attached hydrogens (tertiary/aromatic N) is 5. The standard InChI is InChI=1S/C42H38BrN5O6/c1-42-33(39(51)48(41(42)53)27-8-6-5-7-9-27)22-31-29(36(42)32-20-23(43)21-34(54-4)37(32)49)18-19-30-35(31)40(52)47(38(30)50)28-16-12-25(13-17-28)45-44-24-10-14-26(15-11-24)46(2)3/h5-18,20-21,30-31,33,35-36,49H,19,22H2,1-4H3/t30-,31+,33-,35-,36+,42+/m0/s1. The Morgan fingerprint density at radius 1 is 0.815 bits per heavy atom. The number of phenols is 1. The van der Waals surface area contributed by atoms with E-state index in [0.29, 0.717) is 32.8 Å². The molecule has 1 saturated carbocycles. The molecule has 3 fully saturated rings. The third kappa shape index (κ3) is 5.45. The Labute approximate surface area is 321 Å². The lowest BCUT2D eigenvalue weighted by atomic mass is 9.51. The number of carbonyl (C=O) groups is 4. The monoisotopic (exact) mass is 787 g/mol. The summed E-state index contributed by atoms with van der Waals surface area (Å²) < 4.78 is 6.13. The quantitative estimate of drug-likeness (QED) is 0.114. The van der Waals surface area contributed by atoms with E-state index in [0.717, 1.165) is 11.3 Å². The maximum Gasteiger partial charge on any atom is 0.241 e. The maximum atomic E-state index is 14.7. The first-order valence-corrected chi connectivity index (χ1v) is 18.6. The van der Waals surface area contributed by atoms with Gasteiger partial charge in [0.1, 0.15) is 0 Å². The van der Waals surface area contributed by atoms with Crippen LogP contribution in [0.4, 0.5) is 28.4 Å². The highest BCUT2D eigenvalue weighted by Gasteiger charge is 2.68. The number of allylic oxidation sites excluding steroid dienone is 2. The van der Waals surface area contributed by atoms with Gasteiger partial charge in [0.15, 0.2) is 11.5 Å². The summed E-state index contributed by atoms with van der Waals surface area (Å²) in [6.45, 7) is 1.78. The second kappa shape index (κ2) is 13.3. The zero-order valence-corrected chi connectivity index (χ0v) is 31.7. The highest BCUT2D eigenvalue weighted by molar-refractivity contribution is 9.10. The van der Waals surface area contributed by atoms with Crippen LogP contribution in [0.15, 0.2) is 117 Å². The minimum atomic E-state index is -1.31. The van der Waals surface area contributed by atoms with Crippen LogP contribution in [-0.2, 0) is 19.2 Å². The molecule has 2 saturated heterocycles. The van der Waals surface area contributed by atoms with Gasteiger partial charge in [-0.3, -0.25) is 24.1 Å². The van der Waals surface area contributed by atoms with E-state index in [9.17, 15) is 24.3 Å². The van der Waals surface area contributed by atoms with Crippen LogP contribution in [0.25, 0.3) is 0 Å². The van der Waals surface area contributed by atoms with Crippen molar-refractivity contribution in [2.75, 3.05) is 35.9 Å². The molecule has 12 heteroatoms. The summed E-state index contributed by atoms with van der Waals surface area (Å²) in [6.07, 6.45) is 2.42. The smallest absolute Gasteiger partial charge is 0.241 e. The number of anilines is 3. The lowest BCUT2D eigenvalue weighted by Gasteiger charge is -2.49. The Balaban J connectivity index is 1.15. The van der Waals surface area contributed by atoms with Crippen LogP contribution in [0.5, 0.6) is 11.5 Å². The van der Waals surface area contributed by atoms with Crippen molar-refractivity contribution in [1.82, 2.24) is 0 Å². The van der Waals surface area contributed by atoms with E-state index in [1.54, 1.807) is 67.6 Å². The maximum absolute atomic E-state index is 14.7. The minimum absolute atomic E-state index is 0.147. The van der Waals surface area contributed by atoms with Gasteiger partial charge in [0.05, 0.1) is 53.0 Å². The summed E-state index contributed by atoms with van der Waals surface area (Å²) in [7, 11) is 5.37.